The Morgan fingerprint density at radius 2 is 1.72 bits per heavy atom. The van der Waals surface area contributed by atoms with Crippen molar-refractivity contribution in [1.29, 1.82) is 0 Å². The maximum Gasteiger partial charge on any atom is 0.310 e. The average molecular weight is 343 g/mol. The number of ether oxygens (including phenoxy) is 3. The number of amides is 1. The highest BCUT2D eigenvalue weighted by Gasteiger charge is 2.19. The van der Waals surface area contributed by atoms with Gasteiger partial charge in [-0.3, -0.25) is 9.59 Å². The highest BCUT2D eigenvalue weighted by molar-refractivity contribution is 5.96. The van der Waals surface area contributed by atoms with Crippen molar-refractivity contribution in [3.63, 3.8) is 0 Å². The number of anilines is 1. The van der Waals surface area contributed by atoms with E-state index in [0.29, 0.717) is 17.2 Å². The number of para-hydroxylation sites is 3. The molecular weight excluding hydrogens is 322 g/mol. The van der Waals surface area contributed by atoms with Crippen molar-refractivity contribution in [1.82, 2.24) is 0 Å². The van der Waals surface area contributed by atoms with E-state index in [1.165, 1.54) is 14.0 Å². The van der Waals surface area contributed by atoms with Crippen molar-refractivity contribution in [2.24, 2.45) is 0 Å². The zero-order valence-corrected chi connectivity index (χ0v) is 14.2. The number of esters is 1. The van der Waals surface area contributed by atoms with Crippen molar-refractivity contribution in [2.75, 3.05) is 19.0 Å². The zero-order valence-electron chi connectivity index (χ0n) is 14.2. The Morgan fingerprint density at radius 1 is 1.04 bits per heavy atom. The van der Waals surface area contributed by atoms with E-state index in [2.05, 4.69) is 5.32 Å². The third-order valence-electron chi connectivity index (χ3n) is 3.36. The van der Waals surface area contributed by atoms with Crippen LogP contribution in [0.15, 0.2) is 54.6 Å². The fourth-order valence-electron chi connectivity index (χ4n) is 2.06. The standard InChI is InChI=1S/C19H21NO5/c1-14(19(22)20-16-10-6-7-11-17(16)23-2)25-18(21)12-13-24-15-8-4-3-5-9-15/h3-11,14H,12-13H2,1-2H3,(H,20,22)/t14-/m0/s1. The van der Waals surface area contributed by atoms with Crippen LogP contribution in [-0.2, 0) is 14.3 Å². The smallest absolute Gasteiger partial charge is 0.310 e. The summed E-state index contributed by atoms with van der Waals surface area (Å²) < 4.78 is 15.7. The highest BCUT2D eigenvalue weighted by Crippen LogP contribution is 2.23. The SMILES string of the molecule is COc1ccccc1NC(=O)[C@H](C)OC(=O)CCOc1ccccc1. The van der Waals surface area contributed by atoms with Gasteiger partial charge in [0.15, 0.2) is 6.10 Å². The lowest BCUT2D eigenvalue weighted by molar-refractivity contribution is -0.153. The molecule has 1 N–H and O–H groups in total. The minimum Gasteiger partial charge on any atom is -0.495 e. The van der Waals surface area contributed by atoms with Crippen LogP contribution in [0.2, 0.25) is 0 Å². The van der Waals surface area contributed by atoms with Gasteiger partial charge in [0.2, 0.25) is 0 Å². The summed E-state index contributed by atoms with van der Waals surface area (Å²) in [5.41, 5.74) is 0.519. The molecule has 0 radical (unpaired) electrons. The predicted octanol–water partition coefficient (Wildman–Crippen LogP) is 3.03. The lowest BCUT2D eigenvalue weighted by atomic mass is 10.2. The molecule has 0 aliphatic rings. The Balaban J connectivity index is 1.77. The van der Waals surface area contributed by atoms with Crippen LogP contribution in [0.4, 0.5) is 5.69 Å². The molecule has 0 aliphatic heterocycles. The van der Waals surface area contributed by atoms with E-state index in [1.54, 1.807) is 36.4 Å². The van der Waals surface area contributed by atoms with Gasteiger partial charge in [-0.25, -0.2) is 0 Å². The summed E-state index contributed by atoms with van der Waals surface area (Å²) in [6, 6.07) is 16.2. The average Bonchev–Trinajstić information content (AvgIpc) is 2.63. The first-order valence-electron chi connectivity index (χ1n) is 7.91. The second kappa shape index (κ2) is 9.32. The highest BCUT2D eigenvalue weighted by atomic mass is 16.5. The summed E-state index contributed by atoms with van der Waals surface area (Å²) in [7, 11) is 1.52. The zero-order chi connectivity index (χ0) is 18.1. The lowest BCUT2D eigenvalue weighted by Gasteiger charge is -2.15. The van der Waals surface area contributed by atoms with Gasteiger partial charge in [0.1, 0.15) is 11.5 Å². The number of benzene rings is 2. The predicted molar refractivity (Wildman–Crippen MR) is 93.7 cm³/mol. The normalized spacial score (nSPS) is 11.3. The third kappa shape index (κ3) is 5.84. The number of hydrogen-bond donors (Lipinski definition) is 1. The fraction of sp³-hybridized carbons (Fsp3) is 0.263. The minimum absolute atomic E-state index is 0.0567. The fourth-order valence-corrected chi connectivity index (χ4v) is 2.06. The van der Waals surface area contributed by atoms with E-state index in [4.69, 9.17) is 14.2 Å². The Bertz CT molecular complexity index is 702. The first-order chi connectivity index (χ1) is 12.1. The van der Waals surface area contributed by atoms with Gasteiger partial charge in [-0.2, -0.15) is 0 Å². The van der Waals surface area contributed by atoms with Crippen molar-refractivity contribution in [3.8, 4) is 11.5 Å². The summed E-state index contributed by atoms with van der Waals surface area (Å²) in [4.78, 5) is 24.0. The molecule has 6 nitrogen and oxygen atoms in total. The molecule has 2 rings (SSSR count). The number of carbonyl (C=O) groups is 2. The van der Waals surface area contributed by atoms with Crippen LogP contribution < -0.4 is 14.8 Å². The Labute approximate surface area is 146 Å². The van der Waals surface area contributed by atoms with Crippen molar-refractivity contribution in [2.45, 2.75) is 19.4 Å². The van der Waals surface area contributed by atoms with Gasteiger partial charge >= 0.3 is 5.97 Å². The molecule has 1 atom stereocenters. The Kier molecular flexibility index (Phi) is 6.83. The van der Waals surface area contributed by atoms with E-state index >= 15 is 0 Å². The maximum absolute atomic E-state index is 12.1. The summed E-state index contributed by atoms with van der Waals surface area (Å²) >= 11 is 0. The molecule has 0 aromatic heterocycles. The summed E-state index contributed by atoms with van der Waals surface area (Å²) in [5.74, 6) is 0.281. The van der Waals surface area contributed by atoms with E-state index in [-0.39, 0.29) is 13.0 Å². The minimum atomic E-state index is -0.922. The van der Waals surface area contributed by atoms with E-state index in [9.17, 15) is 9.59 Å². The summed E-state index contributed by atoms with van der Waals surface area (Å²) in [5, 5.41) is 2.68. The molecule has 0 aliphatic carbocycles. The monoisotopic (exact) mass is 343 g/mol. The first-order valence-corrected chi connectivity index (χ1v) is 7.91. The van der Waals surface area contributed by atoms with E-state index in [1.807, 2.05) is 18.2 Å². The van der Waals surface area contributed by atoms with Crippen LogP contribution in [0.5, 0.6) is 11.5 Å². The van der Waals surface area contributed by atoms with Crippen LogP contribution in [0.1, 0.15) is 13.3 Å². The molecular formula is C19H21NO5. The topological polar surface area (TPSA) is 73.9 Å². The Hall–Kier alpha value is -3.02. The second-order valence-corrected chi connectivity index (χ2v) is 5.23. The summed E-state index contributed by atoms with van der Waals surface area (Å²) in [6.07, 6.45) is -0.865. The number of carbonyl (C=O) groups excluding carboxylic acids is 2. The summed E-state index contributed by atoms with van der Waals surface area (Å²) in [6.45, 7) is 1.70. The second-order valence-electron chi connectivity index (χ2n) is 5.23. The Morgan fingerprint density at radius 3 is 2.44 bits per heavy atom. The largest absolute Gasteiger partial charge is 0.495 e. The molecule has 25 heavy (non-hydrogen) atoms. The van der Waals surface area contributed by atoms with Crippen LogP contribution in [0.25, 0.3) is 0 Å². The lowest BCUT2D eigenvalue weighted by Crippen LogP contribution is -2.30. The van der Waals surface area contributed by atoms with Gasteiger partial charge in [0.25, 0.3) is 5.91 Å². The molecule has 0 saturated heterocycles. The van der Waals surface area contributed by atoms with Gasteiger partial charge < -0.3 is 19.5 Å². The van der Waals surface area contributed by atoms with Crippen LogP contribution in [-0.4, -0.2) is 31.7 Å². The van der Waals surface area contributed by atoms with Crippen molar-refractivity contribution in [3.05, 3.63) is 54.6 Å². The molecule has 0 saturated carbocycles. The quantitative estimate of drug-likeness (QED) is 0.746. The van der Waals surface area contributed by atoms with Crippen LogP contribution in [0, 0.1) is 0 Å². The molecule has 2 aromatic rings. The number of methoxy groups -OCH3 is 1. The maximum atomic E-state index is 12.1. The molecule has 0 fully saturated rings. The number of rotatable bonds is 8. The van der Waals surface area contributed by atoms with Gasteiger partial charge in [-0.15, -0.1) is 0 Å². The molecule has 132 valence electrons. The van der Waals surface area contributed by atoms with Gasteiger partial charge in [0, 0.05) is 0 Å². The number of nitrogens with one attached hydrogen (secondary N) is 1. The van der Waals surface area contributed by atoms with Crippen molar-refractivity contribution >= 4 is 17.6 Å². The molecule has 0 heterocycles. The van der Waals surface area contributed by atoms with Gasteiger partial charge in [-0.05, 0) is 31.2 Å². The molecule has 2 aromatic carbocycles. The molecule has 0 spiro atoms. The molecule has 0 bridgehead atoms. The number of hydrogen-bond acceptors (Lipinski definition) is 5. The van der Waals surface area contributed by atoms with Gasteiger partial charge in [-0.1, -0.05) is 30.3 Å². The van der Waals surface area contributed by atoms with Crippen LogP contribution in [0.3, 0.4) is 0 Å². The van der Waals surface area contributed by atoms with E-state index < -0.39 is 18.0 Å². The van der Waals surface area contributed by atoms with Crippen molar-refractivity contribution < 1.29 is 23.8 Å². The van der Waals surface area contributed by atoms with Crippen LogP contribution >= 0.6 is 0 Å². The molecule has 6 heteroatoms. The molecule has 0 unspecified atom stereocenters. The molecule has 1 amide bonds. The third-order valence-corrected chi connectivity index (χ3v) is 3.36. The first kappa shape index (κ1) is 18.3. The van der Waals surface area contributed by atoms with E-state index in [0.717, 1.165) is 0 Å². The van der Waals surface area contributed by atoms with Gasteiger partial charge in [0.05, 0.1) is 25.8 Å².